The van der Waals surface area contributed by atoms with E-state index < -0.39 is 22.2 Å². The molecule has 1 aliphatic heterocycles. The van der Waals surface area contributed by atoms with E-state index >= 15 is 0 Å². The lowest BCUT2D eigenvalue weighted by atomic mass is 10.0. The molecule has 0 saturated heterocycles. The highest BCUT2D eigenvalue weighted by atomic mass is 28.4. The maximum absolute atomic E-state index is 6.67. The monoisotopic (exact) mass is 539 g/mol. The number of ether oxygens (including phenoxy) is 3. The molecule has 1 unspecified atom stereocenters. The fourth-order valence-corrected chi connectivity index (χ4v) is 5.52. The minimum atomic E-state index is -1.86. The zero-order valence-electron chi connectivity index (χ0n) is 24.5. The number of rotatable bonds is 16. The van der Waals surface area contributed by atoms with Crippen molar-refractivity contribution in [1.82, 2.24) is 9.55 Å². The van der Waals surface area contributed by atoms with Crippen LogP contribution in [0, 0.1) is 0 Å². The third-order valence-electron chi connectivity index (χ3n) is 7.54. The van der Waals surface area contributed by atoms with Gasteiger partial charge in [-0.25, -0.2) is 4.98 Å². The van der Waals surface area contributed by atoms with Crippen LogP contribution in [0.4, 0.5) is 0 Å². The first kappa shape index (κ1) is 31.1. The van der Waals surface area contributed by atoms with Crippen LogP contribution >= 0.6 is 0 Å². The molecule has 0 aromatic carbocycles. The van der Waals surface area contributed by atoms with Gasteiger partial charge in [0.25, 0.3) is 0 Å². The van der Waals surface area contributed by atoms with Crippen molar-refractivity contribution >= 4 is 16.4 Å². The van der Waals surface area contributed by atoms with E-state index in [4.69, 9.17) is 29.4 Å². The molecule has 36 heavy (non-hydrogen) atoms. The van der Waals surface area contributed by atoms with Crippen LogP contribution in [0.3, 0.4) is 0 Å². The highest BCUT2D eigenvalue weighted by Gasteiger charge is 2.37. The number of hydrogen-bond donors (Lipinski definition) is 1. The van der Waals surface area contributed by atoms with E-state index in [9.17, 15) is 0 Å². The number of nitrogens with zero attached hydrogens (tertiary/aromatic N) is 2. The molecule has 0 amide bonds. The lowest BCUT2D eigenvalue weighted by Crippen LogP contribution is -2.40. The molecular formula is C27H53N3O4Si2. The van der Waals surface area contributed by atoms with Crippen molar-refractivity contribution in [2.24, 2.45) is 5.73 Å². The van der Waals surface area contributed by atoms with Crippen LogP contribution in [0.15, 0.2) is 18.7 Å². The summed E-state index contributed by atoms with van der Waals surface area (Å²) in [5, 5.41) is 0.162. The van der Waals surface area contributed by atoms with Crippen molar-refractivity contribution in [3.8, 4) is 0 Å². The summed E-state index contributed by atoms with van der Waals surface area (Å²) in [6.07, 6.45) is 11.1. The molecule has 208 valence electrons. The van der Waals surface area contributed by atoms with E-state index in [1.54, 1.807) is 12.5 Å². The first-order chi connectivity index (χ1) is 16.7. The number of nitrogens with two attached hydrogens (primary N) is 1. The standard InChI is InChI=1S/C27H53N3O4Si2/c1-10-27(32-16-17-33-27)15-13-11-12-14-24(28)25-29-23(21-34-36(8,9)26(2,3)4)20-30(25)22-31-18-19-35(5,6)7/h16-17,20,24H,10-15,18-19,21-22,28H2,1-9H3. The Labute approximate surface area is 222 Å². The Morgan fingerprint density at radius 2 is 1.75 bits per heavy atom. The molecule has 0 fully saturated rings. The van der Waals surface area contributed by atoms with E-state index in [2.05, 4.69) is 71.2 Å². The number of hydrogen-bond acceptors (Lipinski definition) is 6. The van der Waals surface area contributed by atoms with Crippen LogP contribution in [0.25, 0.3) is 0 Å². The van der Waals surface area contributed by atoms with Crippen molar-refractivity contribution in [2.75, 3.05) is 6.61 Å². The third kappa shape index (κ3) is 9.63. The second-order valence-corrected chi connectivity index (χ2v) is 23.4. The van der Waals surface area contributed by atoms with Gasteiger partial charge in [0.05, 0.1) is 18.3 Å². The van der Waals surface area contributed by atoms with Gasteiger partial charge in [-0.1, -0.05) is 60.2 Å². The van der Waals surface area contributed by atoms with Gasteiger partial charge in [0, 0.05) is 33.7 Å². The molecule has 2 rings (SSSR count). The van der Waals surface area contributed by atoms with E-state index in [-0.39, 0.29) is 11.1 Å². The summed E-state index contributed by atoms with van der Waals surface area (Å²) in [6, 6.07) is 1.01. The van der Waals surface area contributed by atoms with Crippen LogP contribution in [0.1, 0.15) is 83.8 Å². The molecule has 0 radical (unpaired) electrons. The predicted molar refractivity (Wildman–Crippen MR) is 153 cm³/mol. The van der Waals surface area contributed by atoms with Gasteiger partial charge in [0.1, 0.15) is 25.1 Å². The van der Waals surface area contributed by atoms with Gasteiger partial charge < -0.3 is 28.9 Å². The SMILES string of the molecule is CCC1(CCCCCC(N)c2nc(CO[Si](C)(C)C(C)(C)C)cn2COCC[Si](C)(C)C)OC=CO1. The second kappa shape index (κ2) is 13.1. The van der Waals surface area contributed by atoms with E-state index in [0.29, 0.717) is 13.3 Å². The molecule has 0 bridgehead atoms. The Kier molecular flexibility index (Phi) is 11.3. The minimum Gasteiger partial charge on any atom is -0.457 e. The minimum absolute atomic E-state index is 0.131. The first-order valence-corrected chi connectivity index (χ1v) is 20.3. The normalized spacial score (nSPS) is 16.7. The van der Waals surface area contributed by atoms with E-state index in [0.717, 1.165) is 62.7 Å². The van der Waals surface area contributed by atoms with Crippen molar-refractivity contribution in [1.29, 1.82) is 0 Å². The first-order valence-electron chi connectivity index (χ1n) is 13.7. The summed E-state index contributed by atoms with van der Waals surface area (Å²) < 4.78 is 26.0. The Balaban J connectivity index is 1.95. The van der Waals surface area contributed by atoms with Crippen LogP contribution in [-0.2, 0) is 32.0 Å². The molecular weight excluding hydrogens is 486 g/mol. The van der Waals surface area contributed by atoms with Crippen molar-refractivity contribution < 1.29 is 18.6 Å². The molecule has 7 nitrogen and oxygen atoms in total. The van der Waals surface area contributed by atoms with Gasteiger partial charge in [0.15, 0.2) is 8.32 Å². The van der Waals surface area contributed by atoms with Gasteiger partial charge in [-0.15, -0.1) is 0 Å². The van der Waals surface area contributed by atoms with Gasteiger partial charge in [-0.3, -0.25) is 0 Å². The lowest BCUT2D eigenvalue weighted by Gasteiger charge is -2.35. The smallest absolute Gasteiger partial charge is 0.249 e. The highest BCUT2D eigenvalue weighted by Crippen LogP contribution is 2.37. The van der Waals surface area contributed by atoms with Gasteiger partial charge in [0.2, 0.25) is 5.79 Å². The topological polar surface area (TPSA) is 80.8 Å². The van der Waals surface area contributed by atoms with Gasteiger partial charge in [-0.2, -0.15) is 0 Å². The summed E-state index contributed by atoms with van der Waals surface area (Å²) >= 11 is 0. The highest BCUT2D eigenvalue weighted by molar-refractivity contribution is 6.76. The van der Waals surface area contributed by atoms with Crippen molar-refractivity contribution in [3.05, 3.63) is 30.2 Å². The van der Waals surface area contributed by atoms with Crippen LogP contribution in [-0.4, -0.2) is 38.3 Å². The summed E-state index contributed by atoms with van der Waals surface area (Å²) in [5.41, 5.74) is 7.60. The number of imidazole rings is 1. The molecule has 2 heterocycles. The quantitative estimate of drug-likeness (QED) is 0.175. The zero-order chi connectivity index (χ0) is 27.0. The molecule has 1 aromatic heterocycles. The summed E-state index contributed by atoms with van der Waals surface area (Å²) in [7, 11) is -2.99. The Morgan fingerprint density at radius 1 is 1.08 bits per heavy atom. The molecule has 0 aliphatic carbocycles. The largest absolute Gasteiger partial charge is 0.457 e. The average Bonchev–Trinajstić information content (AvgIpc) is 3.41. The Hall–Kier alpha value is -1.14. The fraction of sp³-hybridized carbons (Fsp3) is 0.815. The molecule has 9 heteroatoms. The fourth-order valence-electron chi connectivity index (χ4n) is 3.82. The van der Waals surface area contributed by atoms with E-state index in [1.165, 1.54) is 0 Å². The predicted octanol–water partition coefficient (Wildman–Crippen LogP) is 7.29. The molecule has 0 spiro atoms. The van der Waals surface area contributed by atoms with Crippen LogP contribution in [0.2, 0.25) is 43.8 Å². The van der Waals surface area contributed by atoms with Crippen LogP contribution < -0.4 is 5.73 Å². The average molecular weight is 540 g/mol. The Morgan fingerprint density at radius 3 is 2.33 bits per heavy atom. The molecule has 0 saturated carbocycles. The maximum atomic E-state index is 6.67. The third-order valence-corrected chi connectivity index (χ3v) is 13.7. The number of unbranched alkanes of at least 4 members (excludes halogenated alkanes) is 2. The zero-order valence-corrected chi connectivity index (χ0v) is 26.5. The van der Waals surface area contributed by atoms with Gasteiger partial charge >= 0.3 is 0 Å². The molecule has 1 aromatic rings. The number of aromatic nitrogens is 2. The van der Waals surface area contributed by atoms with Crippen molar-refractivity contribution in [2.45, 2.75) is 135 Å². The molecule has 2 N–H and O–H groups in total. The Bertz CT molecular complexity index is 820. The summed E-state index contributed by atoms with van der Waals surface area (Å²) in [4.78, 5) is 4.92. The van der Waals surface area contributed by atoms with E-state index in [1.807, 2.05) is 0 Å². The maximum Gasteiger partial charge on any atom is 0.249 e. The molecule has 1 aliphatic rings. The van der Waals surface area contributed by atoms with Crippen molar-refractivity contribution in [3.63, 3.8) is 0 Å². The second-order valence-electron chi connectivity index (χ2n) is 12.9. The summed E-state index contributed by atoms with van der Waals surface area (Å²) in [6.45, 7) is 22.3. The van der Waals surface area contributed by atoms with Crippen LogP contribution in [0.5, 0.6) is 0 Å². The summed E-state index contributed by atoms with van der Waals surface area (Å²) in [5.74, 6) is 0.429. The molecule has 1 atom stereocenters. The lowest BCUT2D eigenvalue weighted by molar-refractivity contribution is -0.149. The van der Waals surface area contributed by atoms with Gasteiger partial charge in [-0.05, 0) is 37.0 Å².